The number of aryl methyl sites for hydroxylation is 4. The number of aromatic nitrogens is 4. The maximum atomic E-state index is 10.2. The molecule has 0 aliphatic carbocycles. The lowest BCUT2D eigenvalue weighted by Crippen LogP contribution is -2.04. The Labute approximate surface area is 264 Å². The highest BCUT2D eigenvalue weighted by Gasteiger charge is 2.22. The van der Waals surface area contributed by atoms with E-state index >= 15 is 0 Å². The number of nitrogens with one attached hydrogen (secondary N) is 2. The van der Waals surface area contributed by atoms with E-state index in [-0.39, 0.29) is 11.4 Å². The van der Waals surface area contributed by atoms with Crippen molar-refractivity contribution in [2.24, 2.45) is 10.2 Å². The molecule has 3 aromatic carbocycles. The first kappa shape index (κ1) is 29.2. The van der Waals surface area contributed by atoms with E-state index in [1.54, 1.807) is 18.5 Å². The lowest BCUT2D eigenvalue weighted by Gasteiger charge is -2.16. The standard InChI is InChI=1S/C34H28N10S/c1-19-6-11-24(12-7-19)37-31-26(17-35)22(4)30(32(40-31)38-25-13-8-20(2)9-14-25)41-42-33-27(18-36)23(5)43-44(33)34-39-28-16-21(3)10-15-29(28)45-34/h6-16H,1-5H3,(H2,37,38,40). The predicted molar refractivity (Wildman–Crippen MR) is 178 cm³/mol. The van der Waals surface area contributed by atoms with Crippen LogP contribution >= 0.6 is 11.3 Å². The Balaban J connectivity index is 1.49. The fourth-order valence-corrected chi connectivity index (χ4v) is 5.66. The number of rotatable bonds is 7. The summed E-state index contributed by atoms with van der Waals surface area (Å²) in [5.74, 6) is 1.02. The Morgan fingerprint density at radius 2 is 1.31 bits per heavy atom. The highest BCUT2D eigenvalue weighted by molar-refractivity contribution is 7.20. The van der Waals surface area contributed by atoms with Crippen molar-refractivity contribution < 1.29 is 0 Å². The largest absolute Gasteiger partial charge is 0.339 e. The smallest absolute Gasteiger partial charge is 0.213 e. The van der Waals surface area contributed by atoms with Crippen LogP contribution in [-0.2, 0) is 0 Å². The molecule has 0 saturated heterocycles. The first-order chi connectivity index (χ1) is 21.7. The van der Waals surface area contributed by atoms with Crippen LogP contribution in [0.4, 0.5) is 34.5 Å². The molecule has 3 heterocycles. The Kier molecular flexibility index (Phi) is 7.78. The molecule has 3 aromatic heterocycles. The van der Waals surface area contributed by atoms with Gasteiger partial charge in [0.05, 0.1) is 21.5 Å². The van der Waals surface area contributed by atoms with E-state index in [4.69, 9.17) is 9.97 Å². The summed E-state index contributed by atoms with van der Waals surface area (Å²) in [7, 11) is 0. The van der Waals surface area contributed by atoms with E-state index in [2.05, 4.69) is 38.1 Å². The van der Waals surface area contributed by atoms with E-state index in [0.717, 1.165) is 38.3 Å². The van der Waals surface area contributed by atoms with Gasteiger partial charge in [0.25, 0.3) is 0 Å². The van der Waals surface area contributed by atoms with E-state index in [1.165, 1.54) is 11.3 Å². The number of pyridine rings is 1. The molecule has 0 radical (unpaired) electrons. The van der Waals surface area contributed by atoms with Crippen LogP contribution < -0.4 is 10.6 Å². The third kappa shape index (κ3) is 5.85. The second-order valence-corrected chi connectivity index (χ2v) is 11.7. The number of nitriles is 2. The first-order valence-electron chi connectivity index (χ1n) is 14.1. The predicted octanol–water partition coefficient (Wildman–Crippen LogP) is 9.07. The molecular formula is C34H28N10S. The van der Waals surface area contributed by atoms with Crippen LogP contribution in [0.1, 0.15) is 39.1 Å². The molecule has 2 N–H and O–H groups in total. The molecule has 0 aliphatic rings. The number of hydrogen-bond donors (Lipinski definition) is 2. The summed E-state index contributed by atoms with van der Waals surface area (Å²) >= 11 is 1.45. The van der Waals surface area contributed by atoms with Crippen molar-refractivity contribution in [1.82, 2.24) is 19.7 Å². The van der Waals surface area contributed by atoms with Crippen molar-refractivity contribution in [2.45, 2.75) is 34.6 Å². The van der Waals surface area contributed by atoms with Gasteiger partial charge in [0.2, 0.25) is 5.13 Å². The molecule has 10 nitrogen and oxygen atoms in total. The van der Waals surface area contributed by atoms with Gasteiger partial charge in [-0.25, -0.2) is 9.97 Å². The van der Waals surface area contributed by atoms with Crippen molar-refractivity contribution in [3.05, 3.63) is 106 Å². The zero-order chi connectivity index (χ0) is 31.7. The molecule has 0 saturated carbocycles. The Bertz CT molecular complexity index is 2180. The minimum atomic E-state index is 0.242. The molecule has 0 fully saturated rings. The van der Waals surface area contributed by atoms with Crippen molar-refractivity contribution >= 4 is 56.1 Å². The summed E-state index contributed by atoms with van der Waals surface area (Å²) in [6, 6.07) is 26.3. The Morgan fingerprint density at radius 1 is 0.711 bits per heavy atom. The summed E-state index contributed by atoms with van der Waals surface area (Å²) in [5, 5.41) is 41.3. The zero-order valence-electron chi connectivity index (χ0n) is 25.3. The van der Waals surface area contributed by atoms with Crippen LogP contribution in [0.2, 0.25) is 0 Å². The molecule has 0 amide bonds. The summed E-state index contributed by atoms with van der Waals surface area (Å²) in [5.41, 5.74) is 7.79. The van der Waals surface area contributed by atoms with Gasteiger partial charge >= 0.3 is 0 Å². The minimum absolute atomic E-state index is 0.242. The van der Waals surface area contributed by atoms with Crippen LogP contribution in [0.5, 0.6) is 0 Å². The van der Waals surface area contributed by atoms with Gasteiger partial charge < -0.3 is 10.6 Å². The highest BCUT2D eigenvalue weighted by Crippen LogP contribution is 2.38. The molecule has 0 unspecified atom stereocenters. The average molecular weight is 609 g/mol. The second kappa shape index (κ2) is 12.0. The van der Waals surface area contributed by atoms with Crippen molar-refractivity contribution in [3.8, 4) is 17.3 Å². The molecule has 11 heteroatoms. The van der Waals surface area contributed by atoms with Gasteiger partial charge in [0.15, 0.2) is 17.5 Å². The number of thiazole rings is 1. The molecule has 6 rings (SSSR count). The van der Waals surface area contributed by atoms with Crippen LogP contribution in [0.15, 0.2) is 77.0 Å². The number of fused-ring (bicyclic) bond motifs is 1. The Morgan fingerprint density at radius 3 is 1.93 bits per heavy atom. The maximum absolute atomic E-state index is 10.2. The number of hydrogen-bond acceptors (Lipinski definition) is 10. The maximum Gasteiger partial charge on any atom is 0.213 e. The summed E-state index contributed by atoms with van der Waals surface area (Å²) in [4.78, 5) is 9.58. The van der Waals surface area contributed by atoms with Crippen LogP contribution in [0, 0.1) is 57.3 Å². The quantitative estimate of drug-likeness (QED) is 0.172. The number of nitrogens with zero attached hydrogens (tertiary/aromatic N) is 8. The normalized spacial score (nSPS) is 11.1. The monoisotopic (exact) mass is 608 g/mol. The highest BCUT2D eigenvalue weighted by atomic mass is 32.1. The third-order valence-electron chi connectivity index (χ3n) is 7.26. The van der Waals surface area contributed by atoms with Crippen LogP contribution in [0.3, 0.4) is 0 Å². The van der Waals surface area contributed by atoms with Crippen LogP contribution in [0.25, 0.3) is 15.3 Å². The zero-order valence-corrected chi connectivity index (χ0v) is 26.2. The molecule has 0 spiro atoms. The molecule has 6 aromatic rings. The fourth-order valence-electron chi connectivity index (χ4n) is 4.76. The van der Waals surface area contributed by atoms with Crippen molar-refractivity contribution in [2.75, 3.05) is 10.6 Å². The third-order valence-corrected chi connectivity index (χ3v) is 8.27. The molecule has 0 bridgehead atoms. The van der Waals surface area contributed by atoms with Crippen LogP contribution in [-0.4, -0.2) is 19.7 Å². The van der Waals surface area contributed by atoms with Gasteiger partial charge in [-0.15, -0.1) is 10.2 Å². The van der Waals surface area contributed by atoms with Crippen molar-refractivity contribution in [1.29, 1.82) is 10.5 Å². The van der Waals surface area contributed by atoms with E-state index in [0.29, 0.717) is 39.3 Å². The topological polar surface area (TPSA) is 140 Å². The SMILES string of the molecule is Cc1ccc(Nc2nc(Nc3ccc(C)cc3)c(N=Nc3c(C#N)c(C)nn3-c3nc4cc(C)ccc4s3)c(C)c2C#N)cc1. The lowest BCUT2D eigenvalue weighted by atomic mass is 10.1. The molecule has 0 aliphatic heterocycles. The lowest BCUT2D eigenvalue weighted by molar-refractivity contribution is 0.848. The summed E-state index contributed by atoms with van der Waals surface area (Å²) in [6.45, 7) is 9.60. The average Bonchev–Trinajstić information content (AvgIpc) is 3.58. The van der Waals surface area contributed by atoms with Gasteiger partial charge in [-0.3, -0.25) is 0 Å². The van der Waals surface area contributed by atoms with Gasteiger partial charge in [0.1, 0.15) is 23.4 Å². The Hall–Kier alpha value is -5.91. The van der Waals surface area contributed by atoms with E-state index < -0.39 is 0 Å². The second-order valence-electron chi connectivity index (χ2n) is 10.7. The summed E-state index contributed by atoms with van der Waals surface area (Å²) < 4.78 is 2.54. The molecule has 45 heavy (non-hydrogen) atoms. The van der Waals surface area contributed by atoms with Crippen molar-refractivity contribution in [3.63, 3.8) is 0 Å². The summed E-state index contributed by atoms with van der Waals surface area (Å²) in [6.07, 6.45) is 0. The van der Waals surface area contributed by atoms with Gasteiger partial charge in [-0.2, -0.15) is 20.3 Å². The first-order valence-corrected chi connectivity index (χ1v) is 15.0. The molecule has 220 valence electrons. The van der Waals surface area contributed by atoms with Gasteiger partial charge in [-0.05, 0) is 76.6 Å². The van der Waals surface area contributed by atoms with Gasteiger partial charge in [-0.1, -0.05) is 52.8 Å². The van der Waals surface area contributed by atoms with E-state index in [9.17, 15) is 10.5 Å². The van der Waals surface area contributed by atoms with E-state index in [1.807, 2.05) is 87.5 Å². The number of anilines is 4. The van der Waals surface area contributed by atoms with Gasteiger partial charge in [0, 0.05) is 16.9 Å². The fraction of sp³-hybridized carbons (Fsp3) is 0.147. The minimum Gasteiger partial charge on any atom is -0.339 e. The number of azo groups is 1. The molecule has 0 atom stereocenters. The number of benzene rings is 3. The molecular weight excluding hydrogens is 581 g/mol.